The number of nitrogens with two attached hydrogens (primary N) is 1. The highest BCUT2D eigenvalue weighted by molar-refractivity contribution is 5.39. The summed E-state index contributed by atoms with van der Waals surface area (Å²) in [4.78, 5) is 0. The highest BCUT2D eigenvalue weighted by Gasteiger charge is 2.07. The molecule has 0 aromatic heterocycles. The number of benzene rings is 2. The lowest BCUT2D eigenvalue weighted by atomic mass is 10.2. The van der Waals surface area contributed by atoms with Crippen molar-refractivity contribution < 1.29 is 13.5 Å². The average Bonchev–Trinajstić information content (AvgIpc) is 2.37. The molecule has 2 nitrogen and oxygen atoms in total. The predicted octanol–water partition coefficient (Wildman–Crippen LogP) is 3.26. The zero-order valence-electron chi connectivity index (χ0n) is 9.70. The smallest absolute Gasteiger partial charge is 0.164 e. The Labute approximate surface area is 104 Å². The molecule has 0 heterocycles. The Morgan fingerprint density at radius 2 is 1.67 bits per heavy atom. The van der Waals surface area contributed by atoms with E-state index in [-0.39, 0.29) is 12.2 Å². The van der Waals surface area contributed by atoms with Crippen LogP contribution in [0.3, 0.4) is 0 Å². The van der Waals surface area contributed by atoms with Crippen molar-refractivity contribution in [2.45, 2.75) is 13.2 Å². The number of hydrogen-bond donors (Lipinski definition) is 1. The second kappa shape index (κ2) is 5.60. The maximum Gasteiger partial charge on any atom is 0.164 e. The van der Waals surface area contributed by atoms with Gasteiger partial charge in [-0.15, -0.1) is 0 Å². The molecular formula is C14H13F2NO. The molecule has 0 bridgehead atoms. The van der Waals surface area contributed by atoms with E-state index in [2.05, 4.69) is 0 Å². The van der Waals surface area contributed by atoms with Gasteiger partial charge in [-0.05, 0) is 23.8 Å². The first-order chi connectivity index (χ1) is 8.66. The van der Waals surface area contributed by atoms with E-state index in [0.717, 1.165) is 11.6 Å². The summed E-state index contributed by atoms with van der Waals surface area (Å²) in [6.07, 6.45) is 0. The summed E-state index contributed by atoms with van der Waals surface area (Å²) in [5.74, 6) is -1.71. The van der Waals surface area contributed by atoms with Crippen LogP contribution in [-0.4, -0.2) is 0 Å². The molecule has 0 saturated heterocycles. The Balaban J connectivity index is 1.92. The van der Waals surface area contributed by atoms with Crippen molar-refractivity contribution in [2.75, 3.05) is 5.73 Å². The van der Waals surface area contributed by atoms with Gasteiger partial charge < -0.3 is 10.5 Å². The second-order valence-electron chi connectivity index (χ2n) is 3.95. The van der Waals surface area contributed by atoms with E-state index in [0.29, 0.717) is 12.3 Å². The van der Waals surface area contributed by atoms with Gasteiger partial charge in [0.05, 0.1) is 13.2 Å². The van der Waals surface area contributed by atoms with Crippen molar-refractivity contribution in [1.82, 2.24) is 0 Å². The van der Waals surface area contributed by atoms with Gasteiger partial charge in [0.2, 0.25) is 0 Å². The Kier molecular flexibility index (Phi) is 3.89. The summed E-state index contributed by atoms with van der Waals surface area (Å²) in [6, 6.07) is 11.2. The molecule has 4 heteroatoms. The number of rotatable bonds is 4. The van der Waals surface area contributed by atoms with Crippen LogP contribution in [0.5, 0.6) is 0 Å². The Bertz CT molecular complexity index is 526. The van der Waals surface area contributed by atoms with Crippen molar-refractivity contribution >= 4 is 5.69 Å². The van der Waals surface area contributed by atoms with Crippen molar-refractivity contribution in [3.05, 3.63) is 65.2 Å². The highest BCUT2D eigenvalue weighted by atomic mass is 19.2. The van der Waals surface area contributed by atoms with Crippen LogP contribution >= 0.6 is 0 Å². The van der Waals surface area contributed by atoms with E-state index < -0.39 is 11.6 Å². The van der Waals surface area contributed by atoms with E-state index >= 15 is 0 Å². The minimum Gasteiger partial charge on any atom is -0.399 e. The lowest BCUT2D eigenvalue weighted by Gasteiger charge is -2.06. The topological polar surface area (TPSA) is 35.2 Å². The molecule has 0 fully saturated rings. The number of ether oxygens (including phenoxy) is 1. The normalized spacial score (nSPS) is 10.6. The number of nitrogen functional groups attached to an aromatic ring is 1. The third-order valence-corrected chi connectivity index (χ3v) is 2.54. The fourth-order valence-corrected chi connectivity index (χ4v) is 1.55. The van der Waals surface area contributed by atoms with Crippen molar-refractivity contribution in [2.24, 2.45) is 0 Å². The average molecular weight is 249 g/mol. The van der Waals surface area contributed by atoms with E-state index in [1.807, 2.05) is 12.1 Å². The number of halogens is 2. The van der Waals surface area contributed by atoms with Crippen LogP contribution in [0.25, 0.3) is 0 Å². The zero-order chi connectivity index (χ0) is 13.0. The number of anilines is 1. The third-order valence-electron chi connectivity index (χ3n) is 2.54. The van der Waals surface area contributed by atoms with Gasteiger partial charge in [0, 0.05) is 11.3 Å². The third kappa shape index (κ3) is 3.05. The molecule has 0 radical (unpaired) electrons. The van der Waals surface area contributed by atoms with Crippen LogP contribution in [0.1, 0.15) is 11.1 Å². The van der Waals surface area contributed by atoms with Gasteiger partial charge in [-0.2, -0.15) is 0 Å². The van der Waals surface area contributed by atoms with E-state index in [1.54, 1.807) is 12.1 Å². The molecule has 2 aromatic carbocycles. The maximum atomic E-state index is 13.3. The molecule has 0 atom stereocenters. The SMILES string of the molecule is Nc1ccc(COCc2cccc(F)c2F)cc1. The summed E-state index contributed by atoms with van der Waals surface area (Å²) in [7, 11) is 0. The molecule has 0 aliphatic carbocycles. The summed E-state index contributed by atoms with van der Waals surface area (Å²) in [5, 5.41) is 0. The Morgan fingerprint density at radius 3 is 2.39 bits per heavy atom. The van der Waals surface area contributed by atoms with Gasteiger partial charge in [0.1, 0.15) is 0 Å². The fourth-order valence-electron chi connectivity index (χ4n) is 1.55. The molecule has 0 amide bonds. The summed E-state index contributed by atoms with van der Waals surface area (Å²) in [6.45, 7) is 0.365. The van der Waals surface area contributed by atoms with E-state index in [4.69, 9.17) is 10.5 Å². The summed E-state index contributed by atoms with van der Waals surface area (Å²) >= 11 is 0. The zero-order valence-corrected chi connectivity index (χ0v) is 9.70. The van der Waals surface area contributed by atoms with Crippen LogP contribution < -0.4 is 5.73 Å². The quantitative estimate of drug-likeness (QED) is 0.844. The van der Waals surface area contributed by atoms with Gasteiger partial charge in [-0.25, -0.2) is 8.78 Å². The van der Waals surface area contributed by atoms with Crippen LogP contribution in [0.4, 0.5) is 14.5 Å². The first-order valence-corrected chi connectivity index (χ1v) is 5.52. The predicted molar refractivity (Wildman–Crippen MR) is 65.7 cm³/mol. The summed E-state index contributed by atoms with van der Waals surface area (Å²) in [5.41, 5.74) is 7.37. The molecule has 2 rings (SSSR count). The molecule has 94 valence electrons. The molecule has 0 aliphatic rings. The molecule has 0 unspecified atom stereocenters. The van der Waals surface area contributed by atoms with Gasteiger partial charge in [0.15, 0.2) is 11.6 Å². The maximum absolute atomic E-state index is 13.3. The second-order valence-corrected chi connectivity index (χ2v) is 3.95. The minimum absolute atomic E-state index is 0.0357. The first-order valence-electron chi connectivity index (χ1n) is 5.52. The molecule has 2 aromatic rings. The van der Waals surface area contributed by atoms with Crippen LogP contribution in [0.2, 0.25) is 0 Å². The summed E-state index contributed by atoms with van der Waals surface area (Å²) < 4.78 is 31.6. The van der Waals surface area contributed by atoms with Crippen LogP contribution in [-0.2, 0) is 18.0 Å². The standard InChI is InChI=1S/C14H13F2NO/c15-13-3-1-2-11(14(13)16)9-18-8-10-4-6-12(17)7-5-10/h1-7H,8-9,17H2. The largest absolute Gasteiger partial charge is 0.399 e. The molecule has 0 spiro atoms. The lowest BCUT2D eigenvalue weighted by molar-refractivity contribution is 0.104. The van der Waals surface area contributed by atoms with Gasteiger partial charge in [-0.3, -0.25) is 0 Å². The van der Waals surface area contributed by atoms with Crippen molar-refractivity contribution in [1.29, 1.82) is 0 Å². The van der Waals surface area contributed by atoms with E-state index in [9.17, 15) is 8.78 Å². The molecule has 18 heavy (non-hydrogen) atoms. The van der Waals surface area contributed by atoms with Crippen molar-refractivity contribution in [3.8, 4) is 0 Å². The van der Waals surface area contributed by atoms with Gasteiger partial charge in [0.25, 0.3) is 0 Å². The van der Waals surface area contributed by atoms with E-state index in [1.165, 1.54) is 12.1 Å². The fraction of sp³-hybridized carbons (Fsp3) is 0.143. The first kappa shape index (κ1) is 12.5. The molecular weight excluding hydrogens is 236 g/mol. The van der Waals surface area contributed by atoms with Gasteiger partial charge in [-0.1, -0.05) is 24.3 Å². The number of hydrogen-bond acceptors (Lipinski definition) is 2. The molecule has 2 N–H and O–H groups in total. The Hall–Kier alpha value is -1.94. The van der Waals surface area contributed by atoms with Crippen LogP contribution in [0, 0.1) is 11.6 Å². The monoisotopic (exact) mass is 249 g/mol. The molecule has 0 saturated carbocycles. The highest BCUT2D eigenvalue weighted by Crippen LogP contribution is 2.13. The Morgan fingerprint density at radius 1 is 0.944 bits per heavy atom. The molecule has 0 aliphatic heterocycles. The van der Waals surface area contributed by atoms with Crippen LogP contribution in [0.15, 0.2) is 42.5 Å². The lowest BCUT2D eigenvalue weighted by Crippen LogP contribution is -1.99. The minimum atomic E-state index is -0.858. The van der Waals surface area contributed by atoms with Crippen molar-refractivity contribution in [3.63, 3.8) is 0 Å². The van der Waals surface area contributed by atoms with Gasteiger partial charge >= 0.3 is 0 Å².